The Balaban J connectivity index is 1.40. The van der Waals surface area contributed by atoms with Crippen LogP contribution in [0.25, 0.3) is 0 Å². The second-order valence-electron chi connectivity index (χ2n) is 9.24. The minimum atomic E-state index is -1.59. The highest BCUT2D eigenvalue weighted by atomic mass is 19.2. The summed E-state index contributed by atoms with van der Waals surface area (Å²) in [6.07, 6.45) is 4.93. The van der Waals surface area contributed by atoms with Crippen molar-refractivity contribution in [3.05, 3.63) is 0 Å². The summed E-state index contributed by atoms with van der Waals surface area (Å²) in [5.74, 6) is 2.00. The fraction of sp³-hybridized carbons (Fsp3) is 1.00. The topological polar surface area (TPSA) is 38.7 Å². The molecule has 158 valence electrons. The smallest absolute Gasteiger partial charge is 0.160 e. The number of ether oxygens (including phenoxy) is 2. The van der Waals surface area contributed by atoms with Crippen molar-refractivity contribution < 1.29 is 23.4 Å². The van der Waals surface area contributed by atoms with Gasteiger partial charge < -0.3 is 14.6 Å². The summed E-state index contributed by atoms with van der Waals surface area (Å²) in [5.41, 5.74) is 0. The third-order valence-corrected chi connectivity index (χ3v) is 7.34. The van der Waals surface area contributed by atoms with Crippen molar-refractivity contribution in [2.24, 2.45) is 23.7 Å². The van der Waals surface area contributed by atoms with Gasteiger partial charge in [0.2, 0.25) is 0 Å². The molecule has 0 heterocycles. The molecule has 3 aliphatic carbocycles. The summed E-state index contributed by atoms with van der Waals surface area (Å²) in [7, 11) is 0. The van der Waals surface area contributed by atoms with E-state index in [9.17, 15) is 13.9 Å². The van der Waals surface area contributed by atoms with E-state index in [0.29, 0.717) is 25.6 Å². The van der Waals surface area contributed by atoms with Crippen molar-refractivity contribution in [3.63, 3.8) is 0 Å². The molecule has 0 aromatic carbocycles. The summed E-state index contributed by atoms with van der Waals surface area (Å²) >= 11 is 0. The number of hydrogen-bond acceptors (Lipinski definition) is 3. The third-order valence-electron chi connectivity index (χ3n) is 7.34. The van der Waals surface area contributed by atoms with Crippen LogP contribution >= 0.6 is 0 Å². The van der Waals surface area contributed by atoms with Gasteiger partial charge >= 0.3 is 0 Å². The first-order valence-electron chi connectivity index (χ1n) is 11.2. The lowest BCUT2D eigenvalue weighted by Crippen LogP contribution is -2.51. The van der Waals surface area contributed by atoms with E-state index in [1.807, 2.05) is 13.8 Å². The molecule has 0 aromatic rings. The van der Waals surface area contributed by atoms with E-state index in [2.05, 4.69) is 0 Å². The first-order valence-corrected chi connectivity index (χ1v) is 11.2. The summed E-state index contributed by atoms with van der Waals surface area (Å²) in [4.78, 5) is 0. The van der Waals surface area contributed by atoms with E-state index < -0.39 is 24.6 Å². The van der Waals surface area contributed by atoms with Crippen LogP contribution in [0.5, 0.6) is 0 Å². The van der Waals surface area contributed by atoms with E-state index in [1.54, 1.807) is 0 Å². The second kappa shape index (κ2) is 9.98. The molecule has 0 radical (unpaired) electrons. The number of halogens is 2. The van der Waals surface area contributed by atoms with E-state index in [1.165, 1.54) is 12.8 Å². The maximum atomic E-state index is 14.5. The standard InChI is InChI=1S/C22H38F2O3/c1-3-26-22-14(2)12-19(20(23)21(22)24)27-13-15-4-6-16(7-5-15)17-8-10-18(25)11-9-17/h14-22,25H,3-13H2,1-2H3. The summed E-state index contributed by atoms with van der Waals surface area (Å²) < 4.78 is 40.2. The maximum absolute atomic E-state index is 14.5. The Morgan fingerprint density at radius 2 is 1.44 bits per heavy atom. The Morgan fingerprint density at radius 3 is 2.04 bits per heavy atom. The van der Waals surface area contributed by atoms with E-state index >= 15 is 0 Å². The molecule has 3 rings (SSSR count). The molecule has 27 heavy (non-hydrogen) atoms. The van der Waals surface area contributed by atoms with Crippen LogP contribution < -0.4 is 0 Å². The molecule has 3 fully saturated rings. The van der Waals surface area contributed by atoms with Gasteiger partial charge in [0.15, 0.2) is 12.3 Å². The molecule has 0 aromatic heterocycles. The monoisotopic (exact) mass is 388 g/mol. The van der Waals surface area contributed by atoms with Crippen LogP contribution in [0.3, 0.4) is 0 Å². The molecule has 0 amide bonds. The Morgan fingerprint density at radius 1 is 0.852 bits per heavy atom. The fourth-order valence-electron chi connectivity index (χ4n) is 5.60. The van der Waals surface area contributed by atoms with Gasteiger partial charge in [0, 0.05) is 13.2 Å². The number of hydrogen-bond donors (Lipinski definition) is 1. The minimum Gasteiger partial charge on any atom is -0.393 e. The van der Waals surface area contributed by atoms with Crippen LogP contribution in [0.1, 0.15) is 71.6 Å². The van der Waals surface area contributed by atoms with Gasteiger partial charge in [0.25, 0.3) is 0 Å². The van der Waals surface area contributed by atoms with Crippen LogP contribution in [-0.4, -0.2) is 49.0 Å². The third kappa shape index (κ3) is 5.42. The molecule has 0 aliphatic heterocycles. The highest BCUT2D eigenvalue weighted by Crippen LogP contribution is 2.40. The van der Waals surface area contributed by atoms with E-state index in [4.69, 9.17) is 9.47 Å². The Kier molecular flexibility index (Phi) is 7.92. The number of rotatable bonds is 6. The number of alkyl halides is 2. The minimum absolute atomic E-state index is 0.0191. The van der Waals surface area contributed by atoms with Gasteiger partial charge in [0.1, 0.15) is 0 Å². The Labute approximate surface area is 163 Å². The second-order valence-corrected chi connectivity index (χ2v) is 9.24. The predicted molar refractivity (Wildman–Crippen MR) is 102 cm³/mol. The van der Waals surface area contributed by atoms with Crippen LogP contribution in [-0.2, 0) is 9.47 Å². The zero-order valence-corrected chi connectivity index (χ0v) is 17.0. The fourth-order valence-corrected chi connectivity index (χ4v) is 5.60. The molecule has 5 heteroatoms. The average molecular weight is 389 g/mol. The quantitative estimate of drug-likeness (QED) is 0.707. The molecule has 0 saturated heterocycles. The van der Waals surface area contributed by atoms with Gasteiger partial charge in [-0.1, -0.05) is 6.92 Å². The first-order chi connectivity index (χ1) is 13.0. The highest BCUT2D eigenvalue weighted by Gasteiger charge is 2.45. The predicted octanol–water partition coefficient (Wildman–Crippen LogP) is 4.85. The summed E-state index contributed by atoms with van der Waals surface area (Å²) in [6, 6.07) is 0. The van der Waals surface area contributed by atoms with Gasteiger partial charge in [-0.3, -0.25) is 0 Å². The molecular weight excluding hydrogens is 350 g/mol. The van der Waals surface area contributed by atoms with Crippen molar-refractivity contribution in [3.8, 4) is 0 Å². The molecule has 0 spiro atoms. The lowest BCUT2D eigenvalue weighted by molar-refractivity contribution is -0.143. The Bertz CT molecular complexity index is 433. The molecular formula is C22H38F2O3. The van der Waals surface area contributed by atoms with Crippen molar-refractivity contribution in [1.82, 2.24) is 0 Å². The number of aliphatic hydroxyl groups excluding tert-OH is 1. The van der Waals surface area contributed by atoms with E-state index in [0.717, 1.165) is 50.4 Å². The lowest BCUT2D eigenvalue weighted by Gasteiger charge is -2.40. The molecule has 0 bridgehead atoms. The van der Waals surface area contributed by atoms with Gasteiger partial charge in [-0.2, -0.15) is 0 Å². The van der Waals surface area contributed by atoms with Crippen molar-refractivity contribution in [2.75, 3.05) is 13.2 Å². The maximum Gasteiger partial charge on any atom is 0.160 e. The zero-order valence-electron chi connectivity index (χ0n) is 17.0. The largest absolute Gasteiger partial charge is 0.393 e. The molecule has 5 unspecified atom stereocenters. The van der Waals surface area contributed by atoms with Crippen LogP contribution in [0.15, 0.2) is 0 Å². The summed E-state index contributed by atoms with van der Waals surface area (Å²) in [5, 5.41) is 9.68. The SMILES string of the molecule is CCOC1C(C)CC(OCC2CCC(C3CCC(O)CC3)CC2)C(F)C1F. The van der Waals surface area contributed by atoms with Crippen LogP contribution in [0.2, 0.25) is 0 Å². The zero-order chi connectivity index (χ0) is 19.4. The lowest BCUT2D eigenvalue weighted by atomic mass is 9.71. The van der Waals surface area contributed by atoms with Gasteiger partial charge in [0.05, 0.1) is 18.3 Å². The molecule has 3 nitrogen and oxygen atoms in total. The van der Waals surface area contributed by atoms with Crippen LogP contribution in [0, 0.1) is 23.7 Å². The molecule has 3 aliphatic rings. The molecule has 1 N–H and O–H groups in total. The van der Waals surface area contributed by atoms with Crippen molar-refractivity contribution in [2.45, 2.75) is 102 Å². The highest BCUT2D eigenvalue weighted by molar-refractivity contribution is 4.93. The van der Waals surface area contributed by atoms with Crippen molar-refractivity contribution >= 4 is 0 Å². The normalized spacial score (nSPS) is 46.3. The number of aliphatic hydroxyl groups is 1. The molecule has 5 atom stereocenters. The van der Waals surface area contributed by atoms with Crippen molar-refractivity contribution in [1.29, 1.82) is 0 Å². The first kappa shape index (κ1) is 21.4. The summed E-state index contributed by atoms with van der Waals surface area (Å²) in [6.45, 7) is 4.72. The average Bonchev–Trinajstić information content (AvgIpc) is 2.68. The van der Waals surface area contributed by atoms with Gasteiger partial charge in [-0.05, 0) is 88.4 Å². The van der Waals surface area contributed by atoms with Gasteiger partial charge in [-0.25, -0.2) is 8.78 Å². The van der Waals surface area contributed by atoms with Crippen LogP contribution in [0.4, 0.5) is 8.78 Å². The molecule has 3 saturated carbocycles. The van der Waals surface area contributed by atoms with E-state index in [-0.39, 0.29) is 12.0 Å². The van der Waals surface area contributed by atoms with Gasteiger partial charge in [-0.15, -0.1) is 0 Å². The Hall–Kier alpha value is -0.260.